The topological polar surface area (TPSA) is 55.9 Å². The monoisotopic (exact) mass is 250 g/mol. The molecule has 3 N–H and O–H groups in total. The molecule has 0 aliphatic carbocycles. The van der Waals surface area contributed by atoms with Crippen LogP contribution in [0.2, 0.25) is 5.02 Å². The van der Waals surface area contributed by atoms with Gasteiger partial charge < -0.3 is 11.1 Å². The Labute approximate surface area is 105 Å². The summed E-state index contributed by atoms with van der Waals surface area (Å²) in [5.41, 5.74) is 7.79. The van der Waals surface area contributed by atoms with Crippen molar-refractivity contribution in [2.24, 2.45) is 12.8 Å². The number of hydrogen-bond acceptors (Lipinski definition) is 3. The van der Waals surface area contributed by atoms with E-state index < -0.39 is 0 Å². The molecular weight excluding hydrogens is 236 g/mol. The molecule has 1 aromatic heterocycles. The molecule has 1 atom stereocenters. The number of anilines is 1. The molecule has 0 saturated heterocycles. The van der Waals surface area contributed by atoms with Gasteiger partial charge in [-0.3, -0.25) is 4.68 Å². The van der Waals surface area contributed by atoms with Crippen LogP contribution in [0.1, 0.15) is 11.6 Å². The summed E-state index contributed by atoms with van der Waals surface area (Å²) in [5.74, 6) is 0. The fourth-order valence-corrected chi connectivity index (χ4v) is 1.87. The van der Waals surface area contributed by atoms with Crippen LogP contribution in [0, 0.1) is 0 Å². The van der Waals surface area contributed by atoms with Crippen molar-refractivity contribution in [1.29, 1.82) is 0 Å². The standard InChI is InChI=1S/C12H15ClN4/c1-17-8-9(7-15-17)12(6-14)16-11-4-2-3-10(13)5-11/h2-5,7-8,12,16H,6,14H2,1H3. The number of aryl methyl sites for hydroxylation is 1. The zero-order valence-corrected chi connectivity index (χ0v) is 10.4. The van der Waals surface area contributed by atoms with Crippen LogP contribution < -0.4 is 11.1 Å². The second-order valence-corrected chi connectivity index (χ2v) is 4.33. The van der Waals surface area contributed by atoms with E-state index in [0.717, 1.165) is 11.3 Å². The first-order valence-electron chi connectivity index (χ1n) is 5.40. The van der Waals surface area contributed by atoms with Gasteiger partial charge in [-0.05, 0) is 18.2 Å². The van der Waals surface area contributed by atoms with E-state index in [9.17, 15) is 0 Å². The highest BCUT2D eigenvalue weighted by atomic mass is 35.5. The minimum Gasteiger partial charge on any atom is -0.377 e. The van der Waals surface area contributed by atoms with Crippen LogP contribution >= 0.6 is 11.6 Å². The lowest BCUT2D eigenvalue weighted by Crippen LogP contribution is -2.20. The predicted molar refractivity (Wildman–Crippen MR) is 70.1 cm³/mol. The summed E-state index contributed by atoms with van der Waals surface area (Å²) in [6.07, 6.45) is 3.77. The summed E-state index contributed by atoms with van der Waals surface area (Å²) in [4.78, 5) is 0. The Bertz CT molecular complexity index is 495. The summed E-state index contributed by atoms with van der Waals surface area (Å²) >= 11 is 5.93. The maximum Gasteiger partial charge on any atom is 0.0667 e. The molecule has 4 nitrogen and oxygen atoms in total. The van der Waals surface area contributed by atoms with Crippen LogP contribution in [0.15, 0.2) is 36.7 Å². The fraction of sp³-hybridized carbons (Fsp3) is 0.250. The maximum atomic E-state index is 5.93. The zero-order chi connectivity index (χ0) is 12.3. The highest BCUT2D eigenvalue weighted by Gasteiger charge is 2.11. The number of benzene rings is 1. The van der Waals surface area contributed by atoms with Crippen molar-refractivity contribution in [1.82, 2.24) is 9.78 Å². The highest BCUT2D eigenvalue weighted by molar-refractivity contribution is 6.30. The summed E-state index contributed by atoms with van der Waals surface area (Å²) in [6, 6.07) is 7.63. The normalized spacial score (nSPS) is 12.4. The van der Waals surface area contributed by atoms with Crippen LogP contribution in [0.4, 0.5) is 5.69 Å². The molecule has 1 aromatic carbocycles. The number of nitrogens with zero attached hydrogens (tertiary/aromatic N) is 2. The van der Waals surface area contributed by atoms with Crippen LogP contribution in [0.5, 0.6) is 0 Å². The summed E-state index contributed by atoms with van der Waals surface area (Å²) < 4.78 is 1.76. The van der Waals surface area contributed by atoms with Crippen molar-refractivity contribution in [2.45, 2.75) is 6.04 Å². The van der Waals surface area contributed by atoms with Gasteiger partial charge in [0.25, 0.3) is 0 Å². The molecule has 0 amide bonds. The SMILES string of the molecule is Cn1cc(C(CN)Nc2cccc(Cl)c2)cn1. The van der Waals surface area contributed by atoms with E-state index in [2.05, 4.69) is 10.4 Å². The lowest BCUT2D eigenvalue weighted by molar-refractivity contribution is 0.759. The molecule has 90 valence electrons. The van der Waals surface area contributed by atoms with Gasteiger partial charge in [0.05, 0.1) is 12.2 Å². The number of nitrogens with two attached hydrogens (primary N) is 1. The Hall–Kier alpha value is -1.52. The molecule has 1 heterocycles. The third-order valence-electron chi connectivity index (χ3n) is 2.53. The summed E-state index contributed by atoms with van der Waals surface area (Å²) in [5, 5.41) is 8.18. The van der Waals surface area contributed by atoms with E-state index in [1.807, 2.05) is 43.7 Å². The van der Waals surface area contributed by atoms with Gasteiger partial charge >= 0.3 is 0 Å². The number of nitrogens with one attached hydrogen (secondary N) is 1. The average molecular weight is 251 g/mol. The number of halogens is 1. The van der Waals surface area contributed by atoms with Crippen LogP contribution in [0.3, 0.4) is 0 Å². The molecule has 0 bridgehead atoms. The number of rotatable bonds is 4. The van der Waals surface area contributed by atoms with Crippen molar-refractivity contribution < 1.29 is 0 Å². The van der Waals surface area contributed by atoms with E-state index in [1.54, 1.807) is 4.68 Å². The minimum atomic E-state index is 0.0437. The zero-order valence-electron chi connectivity index (χ0n) is 9.60. The summed E-state index contributed by atoms with van der Waals surface area (Å²) in [6.45, 7) is 0.498. The van der Waals surface area contributed by atoms with Gasteiger partial charge in [-0.15, -0.1) is 0 Å². The largest absolute Gasteiger partial charge is 0.377 e. The van der Waals surface area contributed by atoms with E-state index >= 15 is 0 Å². The van der Waals surface area contributed by atoms with Gasteiger partial charge in [0.2, 0.25) is 0 Å². The Morgan fingerprint density at radius 3 is 2.94 bits per heavy atom. The fourth-order valence-electron chi connectivity index (χ4n) is 1.68. The number of hydrogen-bond donors (Lipinski definition) is 2. The average Bonchev–Trinajstić information content (AvgIpc) is 2.73. The molecule has 5 heteroatoms. The lowest BCUT2D eigenvalue weighted by Gasteiger charge is -2.16. The number of aromatic nitrogens is 2. The molecule has 0 spiro atoms. The Morgan fingerprint density at radius 2 is 2.35 bits per heavy atom. The molecule has 0 aliphatic rings. The molecule has 0 aliphatic heterocycles. The first-order chi connectivity index (χ1) is 8.19. The second kappa shape index (κ2) is 5.21. The highest BCUT2D eigenvalue weighted by Crippen LogP contribution is 2.20. The van der Waals surface area contributed by atoms with Gasteiger partial charge in [-0.2, -0.15) is 5.10 Å². The van der Waals surface area contributed by atoms with E-state index in [4.69, 9.17) is 17.3 Å². The van der Waals surface area contributed by atoms with Crippen molar-refractivity contribution in [3.63, 3.8) is 0 Å². The van der Waals surface area contributed by atoms with Gasteiger partial charge in [-0.1, -0.05) is 17.7 Å². The van der Waals surface area contributed by atoms with Gasteiger partial charge in [-0.25, -0.2) is 0 Å². The van der Waals surface area contributed by atoms with Crippen molar-refractivity contribution in [2.75, 3.05) is 11.9 Å². The van der Waals surface area contributed by atoms with Crippen LogP contribution in [-0.2, 0) is 7.05 Å². The van der Waals surface area contributed by atoms with Crippen LogP contribution in [-0.4, -0.2) is 16.3 Å². The van der Waals surface area contributed by atoms with Crippen LogP contribution in [0.25, 0.3) is 0 Å². The van der Waals surface area contributed by atoms with E-state index in [0.29, 0.717) is 11.6 Å². The smallest absolute Gasteiger partial charge is 0.0667 e. The molecule has 0 fully saturated rings. The molecular formula is C12H15ClN4. The first kappa shape index (κ1) is 12.0. The molecule has 1 unspecified atom stereocenters. The molecule has 0 radical (unpaired) electrons. The van der Waals surface area contributed by atoms with Crippen molar-refractivity contribution in [3.8, 4) is 0 Å². The molecule has 0 saturated carbocycles. The van der Waals surface area contributed by atoms with Crippen molar-refractivity contribution >= 4 is 17.3 Å². The Balaban J connectivity index is 2.15. The van der Waals surface area contributed by atoms with E-state index in [-0.39, 0.29) is 6.04 Å². The Morgan fingerprint density at radius 1 is 1.53 bits per heavy atom. The molecule has 17 heavy (non-hydrogen) atoms. The predicted octanol–water partition coefficient (Wildman–Crippen LogP) is 2.19. The van der Waals surface area contributed by atoms with Gasteiger partial charge in [0.1, 0.15) is 0 Å². The molecule has 2 aromatic rings. The van der Waals surface area contributed by atoms with E-state index in [1.165, 1.54) is 0 Å². The maximum absolute atomic E-state index is 5.93. The van der Waals surface area contributed by atoms with Gasteiger partial charge in [0, 0.05) is 36.1 Å². The minimum absolute atomic E-state index is 0.0437. The van der Waals surface area contributed by atoms with Gasteiger partial charge in [0.15, 0.2) is 0 Å². The van der Waals surface area contributed by atoms with Crippen molar-refractivity contribution in [3.05, 3.63) is 47.2 Å². The quantitative estimate of drug-likeness (QED) is 0.875. The Kier molecular flexibility index (Phi) is 3.66. The summed E-state index contributed by atoms with van der Waals surface area (Å²) in [7, 11) is 1.89. The molecule has 2 rings (SSSR count). The third-order valence-corrected chi connectivity index (χ3v) is 2.76. The first-order valence-corrected chi connectivity index (χ1v) is 5.77. The second-order valence-electron chi connectivity index (χ2n) is 3.89. The lowest BCUT2D eigenvalue weighted by atomic mass is 10.1. The third kappa shape index (κ3) is 2.99.